The van der Waals surface area contributed by atoms with Crippen LogP contribution >= 0.6 is 23.4 Å². The highest BCUT2D eigenvalue weighted by atomic mass is 35.5. The maximum absolute atomic E-state index is 6.20. The fourth-order valence-corrected chi connectivity index (χ4v) is 4.03. The van der Waals surface area contributed by atoms with Gasteiger partial charge in [-0.2, -0.15) is 0 Å². The van der Waals surface area contributed by atoms with Crippen LogP contribution < -0.4 is 5.32 Å². The highest BCUT2D eigenvalue weighted by Gasteiger charge is 2.22. The minimum atomic E-state index is 0.703. The second-order valence-electron chi connectivity index (χ2n) is 4.59. The van der Waals surface area contributed by atoms with Crippen molar-refractivity contribution in [3.05, 3.63) is 29.3 Å². The molecule has 1 fully saturated rings. The molecule has 0 amide bonds. The Morgan fingerprint density at radius 1 is 1.35 bits per heavy atom. The van der Waals surface area contributed by atoms with E-state index < -0.39 is 0 Å². The van der Waals surface area contributed by atoms with Crippen LogP contribution in [0.15, 0.2) is 29.2 Å². The van der Waals surface area contributed by atoms with Crippen LogP contribution in [0.2, 0.25) is 5.02 Å². The van der Waals surface area contributed by atoms with Crippen molar-refractivity contribution in [1.29, 1.82) is 0 Å². The minimum absolute atomic E-state index is 0.703. The molecule has 1 aromatic carbocycles. The molecule has 2 rings (SSSR count). The zero-order chi connectivity index (χ0) is 12.1. The predicted octanol–water partition coefficient (Wildman–Crippen LogP) is 4.35. The fraction of sp³-hybridized carbons (Fsp3) is 0.571. The first kappa shape index (κ1) is 13.3. The Morgan fingerprint density at radius 2 is 2.18 bits per heavy atom. The molecule has 1 aromatic rings. The molecular formula is C14H20ClNS. The maximum Gasteiger partial charge on any atom is 0.0541 e. The van der Waals surface area contributed by atoms with Crippen molar-refractivity contribution >= 4 is 23.4 Å². The van der Waals surface area contributed by atoms with Crippen LogP contribution in [0.1, 0.15) is 32.6 Å². The van der Waals surface area contributed by atoms with Crippen LogP contribution in [0.4, 0.5) is 0 Å². The molecule has 0 saturated heterocycles. The maximum atomic E-state index is 6.20. The molecule has 0 aromatic heterocycles. The van der Waals surface area contributed by atoms with Gasteiger partial charge in [0.25, 0.3) is 0 Å². The van der Waals surface area contributed by atoms with Crippen molar-refractivity contribution in [2.24, 2.45) is 0 Å². The van der Waals surface area contributed by atoms with Crippen molar-refractivity contribution < 1.29 is 0 Å². The molecule has 0 aliphatic heterocycles. The van der Waals surface area contributed by atoms with Gasteiger partial charge >= 0.3 is 0 Å². The van der Waals surface area contributed by atoms with Crippen LogP contribution in [0.5, 0.6) is 0 Å². The van der Waals surface area contributed by atoms with Gasteiger partial charge in [-0.1, -0.05) is 37.1 Å². The minimum Gasteiger partial charge on any atom is -0.314 e. The van der Waals surface area contributed by atoms with Gasteiger partial charge in [0.15, 0.2) is 0 Å². The Bertz CT molecular complexity index is 354. The largest absolute Gasteiger partial charge is 0.314 e. The lowest BCUT2D eigenvalue weighted by Gasteiger charge is -2.29. The first-order valence-corrected chi connectivity index (χ1v) is 7.70. The summed E-state index contributed by atoms with van der Waals surface area (Å²) in [6.45, 7) is 3.26. The van der Waals surface area contributed by atoms with Crippen LogP contribution in [0.25, 0.3) is 0 Å². The monoisotopic (exact) mass is 269 g/mol. The van der Waals surface area contributed by atoms with Crippen molar-refractivity contribution in [2.45, 2.75) is 48.8 Å². The third-order valence-corrected chi connectivity index (χ3v) is 5.06. The normalized spacial score (nSPS) is 24.8. The Labute approximate surface area is 113 Å². The number of benzene rings is 1. The summed E-state index contributed by atoms with van der Waals surface area (Å²) < 4.78 is 0. The topological polar surface area (TPSA) is 12.0 Å². The summed E-state index contributed by atoms with van der Waals surface area (Å²) in [4.78, 5) is 1.23. The Balaban J connectivity index is 1.92. The number of rotatable bonds is 4. The lowest BCUT2D eigenvalue weighted by molar-refractivity contribution is 0.388. The van der Waals surface area contributed by atoms with E-state index in [9.17, 15) is 0 Å². The average Bonchev–Trinajstić information content (AvgIpc) is 2.33. The molecule has 1 nitrogen and oxygen atoms in total. The molecule has 3 heteroatoms. The van der Waals surface area contributed by atoms with Gasteiger partial charge in [0, 0.05) is 16.2 Å². The quantitative estimate of drug-likeness (QED) is 0.872. The van der Waals surface area contributed by atoms with E-state index in [4.69, 9.17) is 11.6 Å². The van der Waals surface area contributed by atoms with Crippen LogP contribution in [0.3, 0.4) is 0 Å². The summed E-state index contributed by atoms with van der Waals surface area (Å²) in [6.07, 6.45) is 5.24. The van der Waals surface area contributed by atoms with Gasteiger partial charge in [-0.05, 0) is 37.9 Å². The SMILES string of the molecule is CCNC1CCCC(Sc2ccccc2Cl)C1. The summed E-state index contributed by atoms with van der Waals surface area (Å²) in [5, 5.41) is 5.18. The van der Waals surface area contributed by atoms with Crippen molar-refractivity contribution in [2.75, 3.05) is 6.54 Å². The molecular weight excluding hydrogens is 250 g/mol. The summed E-state index contributed by atoms with van der Waals surface area (Å²) in [6, 6.07) is 8.88. The summed E-state index contributed by atoms with van der Waals surface area (Å²) in [7, 11) is 0. The fourth-order valence-electron chi connectivity index (χ4n) is 2.45. The first-order valence-electron chi connectivity index (χ1n) is 6.44. The molecule has 0 heterocycles. The van der Waals surface area contributed by atoms with Gasteiger partial charge in [-0.15, -0.1) is 11.8 Å². The Kier molecular flexibility index (Phi) is 5.20. The molecule has 2 unspecified atom stereocenters. The first-order chi connectivity index (χ1) is 8.29. The number of halogens is 1. The predicted molar refractivity (Wildman–Crippen MR) is 77.0 cm³/mol. The Hall–Kier alpha value is -0.180. The molecule has 0 bridgehead atoms. The number of hydrogen-bond acceptors (Lipinski definition) is 2. The van der Waals surface area contributed by atoms with E-state index in [-0.39, 0.29) is 0 Å². The van der Waals surface area contributed by atoms with Gasteiger partial charge in [-0.25, -0.2) is 0 Å². The molecule has 94 valence electrons. The molecule has 0 radical (unpaired) electrons. The molecule has 1 N–H and O–H groups in total. The third-order valence-electron chi connectivity index (χ3n) is 3.25. The zero-order valence-corrected chi connectivity index (χ0v) is 11.9. The van der Waals surface area contributed by atoms with Crippen LogP contribution in [-0.2, 0) is 0 Å². The van der Waals surface area contributed by atoms with Gasteiger partial charge in [-0.3, -0.25) is 0 Å². The summed E-state index contributed by atoms with van der Waals surface area (Å²) in [5.41, 5.74) is 0. The molecule has 0 spiro atoms. The van der Waals surface area contributed by atoms with Crippen LogP contribution in [0, 0.1) is 0 Å². The smallest absolute Gasteiger partial charge is 0.0541 e. The number of hydrogen-bond donors (Lipinski definition) is 1. The van der Waals surface area contributed by atoms with E-state index in [1.807, 2.05) is 23.9 Å². The van der Waals surface area contributed by atoms with E-state index >= 15 is 0 Å². The summed E-state index contributed by atoms with van der Waals surface area (Å²) in [5.74, 6) is 0. The lowest BCUT2D eigenvalue weighted by atomic mass is 9.95. The second-order valence-corrected chi connectivity index (χ2v) is 6.34. The van der Waals surface area contributed by atoms with Crippen molar-refractivity contribution in [3.63, 3.8) is 0 Å². The van der Waals surface area contributed by atoms with E-state index in [2.05, 4.69) is 24.4 Å². The molecule has 17 heavy (non-hydrogen) atoms. The highest BCUT2D eigenvalue weighted by molar-refractivity contribution is 8.00. The molecule has 1 aliphatic carbocycles. The summed E-state index contributed by atoms with van der Waals surface area (Å²) >= 11 is 8.15. The standard InChI is InChI=1S/C14H20ClNS/c1-2-16-11-6-5-7-12(10-11)17-14-9-4-3-8-13(14)15/h3-4,8-9,11-12,16H,2,5-7,10H2,1H3. The van der Waals surface area contributed by atoms with Crippen molar-refractivity contribution in [3.8, 4) is 0 Å². The van der Waals surface area contributed by atoms with Gasteiger partial charge in [0.2, 0.25) is 0 Å². The number of thioether (sulfide) groups is 1. The average molecular weight is 270 g/mol. The van der Waals surface area contributed by atoms with Gasteiger partial charge in [0.1, 0.15) is 0 Å². The Morgan fingerprint density at radius 3 is 2.94 bits per heavy atom. The van der Waals surface area contributed by atoms with E-state index in [0.29, 0.717) is 11.3 Å². The lowest BCUT2D eigenvalue weighted by Crippen LogP contribution is -2.34. The third kappa shape index (κ3) is 3.90. The van der Waals surface area contributed by atoms with E-state index in [1.54, 1.807) is 0 Å². The van der Waals surface area contributed by atoms with Crippen LogP contribution in [-0.4, -0.2) is 17.8 Å². The van der Waals surface area contributed by atoms with Gasteiger partial charge in [0.05, 0.1) is 5.02 Å². The number of nitrogens with one attached hydrogen (secondary N) is 1. The van der Waals surface area contributed by atoms with Crippen molar-refractivity contribution in [1.82, 2.24) is 5.32 Å². The van der Waals surface area contributed by atoms with E-state index in [1.165, 1.54) is 30.6 Å². The highest BCUT2D eigenvalue weighted by Crippen LogP contribution is 2.36. The van der Waals surface area contributed by atoms with E-state index in [0.717, 1.165) is 11.6 Å². The van der Waals surface area contributed by atoms with Gasteiger partial charge < -0.3 is 5.32 Å². The molecule has 2 atom stereocenters. The molecule has 1 aliphatic rings. The second kappa shape index (κ2) is 6.67. The zero-order valence-electron chi connectivity index (χ0n) is 10.3. The molecule has 1 saturated carbocycles.